The first-order valence-electron chi connectivity index (χ1n) is 8.27. The van der Waals surface area contributed by atoms with Gasteiger partial charge in [0.25, 0.3) is 5.56 Å². The van der Waals surface area contributed by atoms with E-state index in [1.54, 1.807) is 42.4 Å². The van der Waals surface area contributed by atoms with E-state index in [2.05, 4.69) is 5.32 Å². The van der Waals surface area contributed by atoms with E-state index < -0.39 is 0 Å². The highest BCUT2D eigenvalue weighted by Crippen LogP contribution is 2.24. The third kappa shape index (κ3) is 4.20. The van der Waals surface area contributed by atoms with Gasteiger partial charge >= 0.3 is 6.03 Å². The van der Waals surface area contributed by atoms with Crippen LogP contribution in [0.2, 0.25) is 10.0 Å². The van der Waals surface area contributed by atoms with Gasteiger partial charge in [-0.2, -0.15) is 0 Å². The van der Waals surface area contributed by atoms with E-state index in [-0.39, 0.29) is 23.7 Å². The van der Waals surface area contributed by atoms with Gasteiger partial charge in [0.15, 0.2) is 0 Å². The van der Waals surface area contributed by atoms with Gasteiger partial charge in [0.2, 0.25) is 0 Å². The molecule has 1 aliphatic carbocycles. The van der Waals surface area contributed by atoms with E-state index in [4.69, 9.17) is 28.9 Å². The molecule has 1 aliphatic rings. The van der Waals surface area contributed by atoms with E-state index in [0.717, 1.165) is 18.4 Å². The van der Waals surface area contributed by atoms with Gasteiger partial charge in [-0.15, -0.1) is 0 Å². The smallest absolute Gasteiger partial charge is 0.321 e. The lowest BCUT2D eigenvalue weighted by Crippen LogP contribution is -2.52. The summed E-state index contributed by atoms with van der Waals surface area (Å²) in [4.78, 5) is 26.1. The topological polar surface area (TPSA) is 80.4 Å². The summed E-state index contributed by atoms with van der Waals surface area (Å²) >= 11 is 11.9. The molecule has 1 aromatic heterocycles. The number of halogens is 2. The number of anilines is 1. The van der Waals surface area contributed by atoms with Crippen molar-refractivity contribution in [3.05, 3.63) is 62.5 Å². The summed E-state index contributed by atoms with van der Waals surface area (Å²) in [7, 11) is 1.75. The molecular weight excluding hydrogens is 375 g/mol. The minimum Gasteiger partial charge on any atom is -0.328 e. The highest BCUT2D eigenvalue weighted by atomic mass is 35.5. The highest BCUT2D eigenvalue weighted by molar-refractivity contribution is 6.42. The Bertz CT molecular complexity index is 878. The second-order valence-electron chi connectivity index (χ2n) is 6.56. The van der Waals surface area contributed by atoms with Crippen LogP contribution < -0.4 is 16.6 Å². The number of nitrogens with zero attached hydrogens (tertiary/aromatic N) is 2. The summed E-state index contributed by atoms with van der Waals surface area (Å²) in [6, 6.07) is 8.33. The monoisotopic (exact) mass is 394 g/mol. The molecule has 8 heteroatoms. The third-order valence-electron chi connectivity index (χ3n) is 4.59. The molecule has 2 aromatic rings. The molecule has 0 aliphatic heterocycles. The van der Waals surface area contributed by atoms with Crippen molar-refractivity contribution in [3.8, 4) is 0 Å². The Morgan fingerprint density at radius 1 is 1.27 bits per heavy atom. The molecule has 1 fully saturated rings. The quantitative estimate of drug-likeness (QED) is 0.835. The molecule has 0 unspecified atom stereocenters. The lowest BCUT2D eigenvalue weighted by atomic mass is 9.87. The van der Waals surface area contributed by atoms with Crippen molar-refractivity contribution in [1.82, 2.24) is 9.47 Å². The zero-order chi connectivity index (χ0) is 18.8. The molecule has 1 heterocycles. The third-order valence-corrected chi connectivity index (χ3v) is 5.33. The molecule has 3 N–H and O–H groups in total. The summed E-state index contributed by atoms with van der Waals surface area (Å²) in [6.45, 7) is 0.326. The SMILES string of the molecule is CN(C(=O)Nc1ccc(=O)n(Cc2ccc(Cl)c(Cl)c2)c1)C1CC(N)C1. The first-order chi connectivity index (χ1) is 12.3. The number of pyridine rings is 1. The van der Waals surface area contributed by atoms with Gasteiger partial charge in [-0.05, 0) is 36.6 Å². The molecular formula is C18H20Cl2N4O2. The maximum absolute atomic E-state index is 12.3. The van der Waals surface area contributed by atoms with Gasteiger partial charge in [-0.25, -0.2) is 4.79 Å². The van der Waals surface area contributed by atoms with Gasteiger partial charge in [-0.3, -0.25) is 4.79 Å². The number of hydrogen-bond acceptors (Lipinski definition) is 3. The minimum absolute atomic E-state index is 0.159. The van der Waals surface area contributed by atoms with E-state index >= 15 is 0 Å². The number of rotatable bonds is 4. The zero-order valence-corrected chi connectivity index (χ0v) is 15.8. The predicted molar refractivity (Wildman–Crippen MR) is 104 cm³/mol. The maximum atomic E-state index is 12.3. The van der Waals surface area contributed by atoms with Crippen LogP contribution in [0.3, 0.4) is 0 Å². The fourth-order valence-electron chi connectivity index (χ4n) is 2.89. The number of benzene rings is 1. The number of nitrogens with one attached hydrogen (secondary N) is 1. The lowest BCUT2D eigenvalue weighted by molar-refractivity contribution is 0.155. The summed E-state index contributed by atoms with van der Waals surface area (Å²) < 4.78 is 1.51. The van der Waals surface area contributed by atoms with Gasteiger partial charge < -0.3 is 20.5 Å². The Balaban J connectivity index is 1.71. The summed E-state index contributed by atoms with van der Waals surface area (Å²) in [5, 5.41) is 3.71. The second kappa shape index (κ2) is 7.70. The van der Waals surface area contributed by atoms with Crippen LogP contribution in [-0.4, -0.2) is 34.6 Å². The van der Waals surface area contributed by atoms with E-state index in [1.807, 2.05) is 0 Å². The number of hydrogen-bond donors (Lipinski definition) is 2. The number of carbonyl (C=O) groups excluding carboxylic acids is 1. The van der Waals surface area contributed by atoms with Gasteiger partial charge in [0.1, 0.15) is 0 Å². The van der Waals surface area contributed by atoms with E-state index in [9.17, 15) is 9.59 Å². The standard InChI is InChI=1S/C18H20Cl2N4O2/c1-23(14-7-12(21)8-14)18(26)22-13-3-5-17(25)24(10-13)9-11-2-4-15(19)16(20)6-11/h2-6,10,12,14H,7-9,21H2,1H3,(H,22,26). The predicted octanol–water partition coefficient (Wildman–Crippen LogP) is 3.16. The van der Waals surface area contributed by atoms with Crippen LogP contribution in [0, 0.1) is 0 Å². The normalized spacial score (nSPS) is 18.9. The molecule has 3 rings (SSSR count). The van der Waals surface area contributed by atoms with Gasteiger partial charge in [0.05, 0.1) is 22.3 Å². The Labute approximate surface area is 161 Å². The highest BCUT2D eigenvalue weighted by Gasteiger charge is 2.31. The fourth-order valence-corrected chi connectivity index (χ4v) is 3.21. The van der Waals surface area contributed by atoms with Crippen LogP contribution in [0.4, 0.5) is 10.5 Å². The van der Waals surface area contributed by atoms with Crippen molar-refractivity contribution in [3.63, 3.8) is 0 Å². The van der Waals surface area contributed by atoms with Crippen molar-refractivity contribution < 1.29 is 4.79 Å². The average Bonchev–Trinajstić information content (AvgIpc) is 2.57. The Hall–Kier alpha value is -2.02. The molecule has 6 nitrogen and oxygen atoms in total. The van der Waals surface area contributed by atoms with Crippen molar-refractivity contribution in [1.29, 1.82) is 0 Å². The van der Waals surface area contributed by atoms with Crippen LogP contribution >= 0.6 is 23.2 Å². The largest absolute Gasteiger partial charge is 0.328 e. The van der Waals surface area contributed by atoms with Crippen LogP contribution in [0.1, 0.15) is 18.4 Å². The Morgan fingerprint density at radius 2 is 2.00 bits per heavy atom. The molecule has 0 saturated heterocycles. The first kappa shape index (κ1) is 18.8. The average molecular weight is 395 g/mol. The minimum atomic E-state index is -0.221. The van der Waals surface area contributed by atoms with Gasteiger partial charge in [0, 0.05) is 31.4 Å². The van der Waals surface area contributed by atoms with Crippen LogP contribution in [0.15, 0.2) is 41.3 Å². The van der Waals surface area contributed by atoms with Crippen molar-refractivity contribution in [2.24, 2.45) is 5.73 Å². The lowest BCUT2D eigenvalue weighted by Gasteiger charge is -2.39. The molecule has 0 radical (unpaired) electrons. The van der Waals surface area contributed by atoms with E-state index in [1.165, 1.54) is 10.6 Å². The first-order valence-corrected chi connectivity index (χ1v) is 9.03. The summed E-state index contributed by atoms with van der Waals surface area (Å²) in [5.74, 6) is 0. The molecule has 0 spiro atoms. The van der Waals surface area contributed by atoms with Crippen molar-refractivity contribution >= 4 is 34.9 Å². The summed E-state index contributed by atoms with van der Waals surface area (Å²) in [6.07, 6.45) is 3.23. The van der Waals surface area contributed by atoms with E-state index in [0.29, 0.717) is 22.3 Å². The molecule has 26 heavy (non-hydrogen) atoms. The Morgan fingerprint density at radius 3 is 2.65 bits per heavy atom. The van der Waals surface area contributed by atoms with Crippen molar-refractivity contribution in [2.45, 2.75) is 31.5 Å². The number of urea groups is 1. The molecule has 0 bridgehead atoms. The fraction of sp³-hybridized carbons (Fsp3) is 0.333. The molecule has 2 amide bonds. The Kier molecular flexibility index (Phi) is 5.55. The van der Waals surface area contributed by atoms with Crippen LogP contribution in [-0.2, 0) is 6.54 Å². The van der Waals surface area contributed by atoms with Crippen molar-refractivity contribution in [2.75, 3.05) is 12.4 Å². The number of nitrogens with two attached hydrogens (primary N) is 1. The zero-order valence-electron chi connectivity index (χ0n) is 14.3. The molecule has 1 aromatic carbocycles. The molecule has 0 atom stereocenters. The summed E-state index contributed by atoms with van der Waals surface area (Å²) in [5.41, 5.74) is 6.99. The number of carbonyl (C=O) groups is 1. The second-order valence-corrected chi connectivity index (χ2v) is 7.37. The van der Waals surface area contributed by atoms with Crippen LogP contribution in [0.25, 0.3) is 0 Å². The number of amides is 2. The maximum Gasteiger partial charge on any atom is 0.321 e. The van der Waals surface area contributed by atoms with Crippen LogP contribution in [0.5, 0.6) is 0 Å². The molecule has 1 saturated carbocycles. The number of aromatic nitrogens is 1. The van der Waals surface area contributed by atoms with Gasteiger partial charge in [-0.1, -0.05) is 29.3 Å². The molecule has 138 valence electrons.